The lowest BCUT2D eigenvalue weighted by molar-refractivity contribution is 0.0992. The van der Waals surface area contributed by atoms with Crippen LogP contribution in [0.25, 0.3) is 0 Å². The van der Waals surface area contributed by atoms with Crippen LogP contribution in [0.15, 0.2) is 17.2 Å². The molecule has 1 aromatic heterocycles. The van der Waals surface area contributed by atoms with Gasteiger partial charge in [0.25, 0.3) is 5.91 Å². The molecular weight excluding hydrogens is 268 g/mol. The Morgan fingerprint density at radius 2 is 2.16 bits per heavy atom. The Bertz CT molecular complexity index is 575. The van der Waals surface area contributed by atoms with E-state index in [4.69, 9.17) is 5.73 Å². The van der Waals surface area contributed by atoms with Crippen LogP contribution in [0.5, 0.6) is 0 Å². The minimum absolute atomic E-state index is 0.0511. The summed E-state index contributed by atoms with van der Waals surface area (Å²) in [5, 5.41) is 3.21. The summed E-state index contributed by atoms with van der Waals surface area (Å²) in [6, 6.07) is 1.82. The quantitative estimate of drug-likeness (QED) is 0.568. The molecular formula is C11H18N4O3S. The number of hydrogen-bond acceptors (Lipinski definition) is 4. The van der Waals surface area contributed by atoms with E-state index >= 15 is 0 Å². The van der Waals surface area contributed by atoms with Gasteiger partial charge in [-0.3, -0.25) is 4.79 Å². The molecule has 0 saturated heterocycles. The molecule has 1 aliphatic rings. The normalized spacial score (nSPS) is 15.6. The molecule has 0 bridgehead atoms. The van der Waals surface area contributed by atoms with Gasteiger partial charge in [0.05, 0.1) is 0 Å². The van der Waals surface area contributed by atoms with E-state index in [0.29, 0.717) is 19.1 Å². The van der Waals surface area contributed by atoms with Gasteiger partial charge in [0.15, 0.2) is 0 Å². The molecule has 8 heteroatoms. The first-order valence-electron chi connectivity index (χ1n) is 6.09. The zero-order valence-electron chi connectivity index (χ0n) is 10.7. The number of amides is 1. The third-order valence-electron chi connectivity index (χ3n) is 2.97. The Morgan fingerprint density at radius 3 is 2.68 bits per heavy atom. The largest absolute Gasteiger partial charge is 0.364 e. The maximum Gasteiger partial charge on any atom is 0.265 e. The van der Waals surface area contributed by atoms with Gasteiger partial charge in [-0.2, -0.15) is 0 Å². The highest BCUT2D eigenvalue weighted by atomic mass is 32.2. The zero-order chi connectivity index (χ0) is 14.0. The van der Waals surface area contributed by atoms with Gasteiger partial charge in [-0.25, -0.2) is 13.1 Å². The minimum Gasteiger partial charge on any atom is -0.364 e. The topological polar surface area (TPSA) is 106 Å². The van der Waals surface area contributed by atoms with Crippen LogP contribution in [0, 0.1) is 0 Å². The maximum atomic E-state index is 12.0. The number of aryl methyl sites for hydroxylation is 1. The smallest absolute Gasteiger partial charge is 0.265 e. The van der Waals surface area contributed by atoms with Crippen LogP contribution in [-0.4, -0.2) is 38.0 Å². The van der Waals surface area contributed by atoms with Gasteiger partial charge in [-0.05, 0) is 18.9 Å². The van der Waals surface area contributed by atoms with Crippen molar-refractivity contribution in [1.82, 2.24) is 14.6 Å². The summed E-state index contributed by atoms with van der Waals surface area (Å²) < 4.78 is 27.8. The van der Waals surface area contributed by atoms with Crippen LogP contribution in [-0.2, 0) is 17.1 Å². The predicted molar refractivity (Wildman–Crippen MR) is 70.1 cm³/mol. The Kier molecular flexibility index (Phi) is 3.93. The second-order valence-corrected chi connectivity index (χ2v) is 6.43. The van der Waals surface area contributed by atoms with E-state index in [0.717, 1.165) is 12.8 Å². The first kappa shape index (κ1) is 14.0. The summed E-state index contributed by atoms with van der Waals surface area (Å²) in [4.78, 5) is 11.1. The predicted octanol–water partition coefficient (Wildman–Crippen LogP) is -0.846. The number of rotatable bonds is 7. The SMILES string of the molecule is Cn1cc(S(=O)(=O)NCCNC2CC2)cc1C(N)=O. The highest BCUT2D eigenvalue weighted by Crippen LogP contribution is 2.18. The molecule has 1 amide bonds. The molecule has 1 aliphatic carbocycles. The van der Waals surface area contributed by atoms with E-state index < -0.39 is 15.9 Å². The molecule has 0 atom stereocenters. The van der Waals surface area contributed by atoms with Gasteiger partial charge >= 0.3 is 0 Å². The monoisotopic (exact) mass is 286 g/mol. The number of hydrogen-bond donors (Lipinski definition) is 3. The molecule has 0 aromatic carbocycles. The molecule has 0 aliphatic heterocycles. The molecule has 1 heterocycles. The van der Waals surface area contributed by atoms with Crippen molar-refractivity contribution in [2.45, 2.75) is 23.8 Å². The van der Waals surface area contributed by atoms with Crippen LogP contribution in [0.2, 0.25) is 0 Å². The Morgan fingerprint density at radius 1 is 1.47 bits per heavy atom. The highest BCUT2D eigenvalue weighted by Gasteiger charge is 2.21. The summed E-state index contributed by atoms with van der Waals surface area (Å²) in [5.74, 6) is -0.653. The lowest BCUT2D eigenvalue weighted by Gasteiger charge is -2.05. The van der Waals surface area contributed by atoms with Crippen molar-refractivity contribution in [1.29, 1.82) is 0 Å². The number of carbonyl (C=O) groups is 1. The van der Waals surface area contributed by atoms with E-state index in [1.807, 2.05) is 0 Å². The Labute approximate surface area is 112 Å². The molecule has 1 aromatic rings. The van der Waals surface area contributed by atoms with Crippen molar-refractivity contribution in [3.63, 3.8) is 0 Å². The second-order valence-electron chi connectivity index (χ2n) is 4.66. The molecule has 106 valence electrons. The van der Waals surface area contributed by atoms with Crippen LogP contribution >= 0.6 is 0 Å². The standard InChI is InChI=1S/C11H18N4O3S/c1-15-7-9(6-10(15)11(12)16)19(17,18)14-5-4-13-8-2-3-8/h6-8,13-14H,2-5H2,1H3,(H2,12,16). The Balaban J connectivity index is 1.97. The van der Waals surface area contributed by atoms with Gasteiger partial charge in [-0.15, -0.1) is 0 Å². The molecule has 19 heavy (non-hydrogen) atoms. The van der Waals surface area contributed by atoms with E-state index in [2.05, 4.69) is 10.0 Å². The fourth-order valence-electron chi connectivity index (χ4n) is 1.76. The fourth-order valence-corrected chi connectivity index (χ4v) is 2.86. The van der Waals surface area contributed by atoms with Crippen molar-refractivity contribution in [2.24, 2.45) is 12.8 Å². The van der Waals surface area contributed by atoms with Crippen LogP contribution in [0.3, 0.4) is 0 Å². The first-order chi connectivity index (χ1) is 8.90. The fraction of sp³-hybridized carbons (Fsp3) is 0.545. The third-order valence-corrected chi connectivity index (χ3v) is 4.40. The van der Waals surface area contributed by atoms with E-state index in [1.54, 1.807) is 7.05 Å². The van der Waals surface area contributed by atoms with Crippen molar-refractivity contribution in [2.75, 3.05) is 13.1 Å². The molecule has 1 saturated carbocycles. The van der Waals surface area contributed by atoms with Gasteiger partial charge in [0.2, 0.25) is 10.0 Å². The summed E-state index contributed by atoms with van der Waals surface area (Å²) in [7, 11) is -2.01. The lowest BCUT2D eigenvalue weighted by atomic mass is 10.4. The number of primary amides is 1. The van der Waals surface area contributed by atoms with E-state index in [-0.39, 0.29) is 10.6 Å². The molecule has 0 radical (unpaired) electrons. The number of sulfonamides is 1. The summed E-state index contributed by atoms with van der Waals surface area (Å²) in [6.07, 6.45) is 3.69. The van der Waals surface area contributed by atoms with Crippen molar-refractivity contribution in [3.8, 4) is 0 Å². The van der Waals surface area contributed by atoms with Crippen LogP contribution in [0.4, 0.5) is 0 Å². The van der Waals surface area contributed by atoms with Gasteiger partial charge < -0.3 is 15.6 Å². The van der Waals surface area contributed by atoms with E-state index in [9.17, 15) is 13.2 Å². The number of aromatic nitrogens is 1. The highest BCUT2D eigenvalue weighted by molar-refractivity contribution is 7.89. The number of nitrogens with two attached hydrogens (primary N) is 1. The van der Waals surface area contributed by atoms with Crippen molar-refractivity contribution >= 4 is 15.9 Å². The molecule has 4 N–H and O–H groups in total. The van der Waals surface area contributed by atoms with Crippen LogP contribution in [0.1, 0.15) is 23.3 Å². The molecule has 7 nitrogen and oxygen atoms in total. The van der Waals surface area contributed by atoms with E-state index in [1.165, 1.54) is 16.8 Å². The first-order valence-corrected chi connectivity index (χ1v) is 7.57. The number of nitrogens with zero attached hydrogens (tertiary/aromatic N) is 1. The summed E-state index contributed by atoms with van der Waals surface area (Å²) in [5.41, 5.74) is 5.31. The second kappa shape index (κ2) is 5.32. The van der Waals surface area contributed by atoms with Crippen molar-refractivity contribution in [3.05, 3.63) is 18.0 Å². The zero-order valence-corrected chi connectivity index (χ0v) is 11.5. The summed E-state index contributed by atoms with van der Waals surface area (Å²) in [6.45, 7) is 0.916. The van der Waals surface area contributed by atoms with Gasteiger partial charge in [0, 0.05) is 32.4 Å². The van der Waals surface area contributed by atoms with Crippen LogP contribution < -0.4 is 15.8 Å². The third kappa shape index (κ3) is 3.55. The van der Waals surface area contributed by atoms with Crippen molar-refractivity contribution < 1.29 is 13.2 Å². The Hall–Kier alpha value is -1.38. The number of nitrogens with one attached hydrogen (secondary N) is 2. The number of carbonyl (C=O) groups excluding carboxylic acids is 1. The molecule has 2 rings (SSSR count). The lowest BCUT2D eigenvalue weighted by Crippen LogP contribution is -2.32. The molecule has 0 unspecified atom stereocenters. The average molecular weight is 286 g/mol. The minimum atomic E-state index is -3.59. The van der Waals surface area contributed by atoms with Gasteiger partial charge in [0.1, 0.15) is 10.6 Å². The van der Waals surface area contributed by atoms with Gasteiger partial charge in [-0.1, -0.05) is 0 Å². The average Bonchev–Trinajstić information content (AvgIpc) is 3.05. The summed E-state index contributed by atoms with van der Waals surface area (Å²) >= 11 is 0. The molecule has 0 spiro atoms. The maximum absolute atomic E-state index is 12.0. The molecule has 1 fully saturated rings.